The topological polar surface area (TPSA) is 319 Å². The number of hydrogen-bond donors (Lipinski definition) is 10. The molecule has 1 heterocycles. The molecule has 21 heteroatoms. The molecule has 1 saturated heterocycles. The normalized spacial score (nSPS) is 23.2. The average Bonchev–Trinajstić information content (AvgIpc) is 2.91. The number of carbonyl (C=O) groups is 8. The molecule has 0 aliphatic carbocycles. The van der Waals surface area contributed by atoms with E-state index in [1.54, 1.807) is 0 Å². The number of carbonyl (C=O) groups excluding carboxylic acids is 7. The van der Waals surface area contributed by atoms with Gasteiger partial charge in [-0.1, -0.05) is 21.6 Å². The van der Waals surface area contributed by atoms with Gasteiger partial charge < -0.3 is 54.2 Å². The molecule has 0 saturated carbocycles. The standard InChI is InChI=1S/C22H36N10O9S2/c1-10(33)29-14-9-43-42-8-13(18(23)38)32-21(41)12(5-17(36)37)31-16(35)7-27-19(39)11(3-2-4-26-22(24)25)30-15(34)6-28-20(14)40/h11-14H,2-9H2,1H3,(H2,23,38)(H,27,39)(H,28,40)(H,29,33)(H,30,34)(H,31,35)(H,32,41)(H,36,37)(H4,24,25,26)/t11-,12?,13-,14?/m0/s1. The quantitative estimate of drug-likeness (QED) is 0.0509. The maximum Gasteiger partial charge on any atom is 0.305 e. The van der Waals surface area contributed by atoms with Crippen molar-refractivity contribution < 1.29 is 43.5 Å². The van der Waals surface area contributed by atoms with Crippen LogP contribution in [0.3, 0.4) is 0 Å². The van der Waals surface area contributed by atoms with Gasteiger partial charge >= 0.3 is 5.97 Å². The van der Waals surface area contributed by atoms with E-state index in [2.05, 4.69) is 36.9 Å². The van der Waals surface area contributed by atoms with Crippen molar-refractivity contribution in [3.05, 3.63) is 0 Å². The van der Waals surface area contributed by atoms with E-state index in [1.807, 2.05) is 0 Å². The van der Waals surface area contributed by atoms with Gasteiger partial charge in [-0.25, -0.2) is 0 Å². The first kappa shape index (κ1) is 36.8. The van der Waals surface area contributed by atoms with Crippen LogP contribution in [0.2, 0.25) is 0 Å². The first-order valence-electron chi connectivity index (χ1n) is 12.7. The summed E-state index contributed by atoms with van der Waals surface area (Å²) < 4.78 is 0. The first-order chi connectivity index (χ1) is 20.2. The van der Waals surface area contributed by atoms with E-state index in [0.29, 0.717) is 0 Å². The number of nitrogens with zero attached hydrogens (tertiary/aromatic N) is 1. The number of amides is 7. The number of nitrogens with two attached hydrogens (primary N) is 3. The van der Waals surface area contributed by atoms with Crippen molar-refractivity contribution in [2.75, 3.05) is 31.1 Å². The maximum atomic E-state index is 12.8. The van der Waals surface area contributed by atoms with E-state index in [4.69, 9.17) is 17.2 Å². The van der Waals surface area contributed by atoms with Gasteiger partial charge in [0, 0.05) is 25.0 Å². The highest BCUT2D eigenvalue weighted by molar-refractivity contribution is 8.76. The van der Waals surface area contributed by atoms with Crippen molar-refractivity contribution in [1.82, 2.24) is 31.9 Å². The van der Waals surface area contributed by atoms with E-state index in [1.165, 1.54) is 6.92 Å². The zero-order chi connectivity index (χ0) is 32.5. The third-order valence-electron chi connectivity index (χ3n) is 5.38. The van der Waals surface area contributed by atoms with Crippen LogP contribution in [0.25, 0.3) is 0 Å². The van der Waals surface area contributed by atoms with Crippen molar-refractivity contribution in [1.29, 1.82) is 0 Å². The number of guanidine groups is 1. The highest BCUT2D eigenvalue weighted by Crippen LogP contribution is 2.23. The van der Waals surface area contributed by atoms with Crippen molar-refractivity contribution in [2.24, 2.45) is 22.2 Å². The molecule has 0 aromatic heterocycles. The van der Waals surface area contributed by atoms with Crippen LogP contribution in [0.1, 0.15) is 26.2 Å². The van der Waals surface area contributed by atoms with Gasteiger partial charge in [0.15, 0.2) is 5.96 Å². The summed E-state index contributed by atoms with van der Waals surface area (Å²) in [6.07, 6.45) is -0.600. The number of carboxylic acids is 1. The number of hydrogen-bond acceptors (Lipinski definition) is 11. The van der Waals surface area contributed by atoms with Crippen LogP contribution in [0.15, 0.2) is 4.99 Å². The Bertz CT molecular complexity index is 1100. The molecule has 2 unspecified atom stereocenters. The summed E-state index contributed by atoms with van der Waals surface area (Å²) in [5.74, 6) is -7.50. The van der Waals surface area contributed by atoms with Crippen LogP contribution in [-0.4, -0.2) is 114 Å². The van der Waals surface area contributed by atoms with Crippen molar-refractivity contribution in [3.63, 3.8) is 0 Å². The molecule has 43 heavy (non-hydrogen) atoms. The van der Waals surface area contributed by atoms with Crippen LogP contribution in [0, 0.1) is 0 Å². The first-order valence-corrected chi connectivity index (χ1v) is 15.2. The fourth-order valence-corrected chi connectivity index (χ4v) is 5.70. The monoisotopic (exact) mass is 648 g/mol. The second kappa shape index (κ2) is 19.0. The summed E-state index contributed by atoms with van der Waals surface area (Å²) in [4.78, 5) is 102. The highest BCUT2D eigenvalue weighted by Gasteiger charge is 2.29. The number of carboxylic acid groups (broad SMARTS) is 1. The number of aliphatic carboxylic acids is 1. The van der Waals surface area contributed by atoms with Crippen LogP contribution in [0.5, 0.6) is 0 Å². The lowest BCUT2D eigenvalue weighted by atomic mass is 10.1. The minimum absolute atomic E-state index is 0.0187. The number of nitrogens with one attached hydrogen (secondary N) is 6. The van der Waals surface area contributed by atoms with Crippen LogP contribution < -0.4 is 49.1 Å². The molecule has 1 fully saturated rings. The third-order valence-corrected chi connectivity index (χ3v) is 7.80. The highest BCUT2D eigenvalue weighted by atomic mass is 33.1. The average molecular weight is 649 g/mol. The zero-order valence-electron chi connectivity index (χ0n) is 23.2. The predicted octanol–water partition coefficient (Wildman–Crippen LogP) is -5.41. The summed E-state index contributed by atoms with van der Waals surface area (Å²) in [7, 11) is 2.06. The van der Waals surface area contributed by atoms with Gasteiger partial charge in [-0.2, -0.15) is 0 Å². The van der Waals surface area contributed by atoms with E-state index in [9.17, 15) is 43.5 Å². The van der Waals surface area contributed by atoms with Gasteiger partial charge in [0.05, 0.1) is 19.5 Å². The molecule has 1 aliphatic rings. The molecular formula is C22H36N10O9S2. The second-order valence-corrected chi connectivity index (χ2v) is 11.6. The molecule has 13 N–H and O–H groups in total. The maximum absolute atomic E-state index is 12.8. The van der Waals surface area contributed by atoms with Gasteiger partial charge in [0.1, 0.15) is 24.2 Å². The molecular weight excluding hydrogens is 612 g/mol. The Kier molecular flexibility index (Phi) is 16.3. The molecule has 7 amide bonds. The SMILES string of the molecule is CC(=O)NC1CSSC[C@@H](C(N)=O)NC(=O)C(CC(=O)O)NC(=O)CNC(=O)[C@H](CCCN=C(N)N)NC(=O)CNC1=O. The Balaban J connectivity index is 3.22. The predicted molar refractivity (Wildman–Crippen MR) is 156 cm³/mol. The Morgan fingerprint density at radius 2 is 1.47 bits per heavy atom. The minimum atomic E-state index is -1.63. The molecule has 0 aromatic carbocycles. The van der Waals surface area contributed by atoms with E-state index in [-0.39, 0.29) is 36.9 Å². The van der Waals surface area contributed by atoms with Crippen molar-refractivity contribution >= 4 is 74.9 Å². The molecule has 1 rings (SSSR count). The lowest BCUT2D eigenvalue weighted by Gasteiger charge is -2.22. The molecule has 19 nitrogen and oxygen atoms in total. The van der Waals surface area contributed by atoms with Crippen LogP contribution in [-0.2, 0) is 38.4 Å². The minimum Gasteiger partial charge on any atom is -0.481 e. The van der Waals surface area contributed by atoms with E-state index in [0.717, 1.165) is 21.6 Å². The molecule has 0 bridgehead atoms. The Morgan fingerprint density at radius 3 is 2.02 bits per heavy atom. The van der Waals surface area contributed by atoms with Crippen LogP contribution >= 0.6 is 21.6 Å². The largest absolute Gasteiger partial charge is 0.481 e. The van der Waals surface area contributed by atoms with Gasteiger partial charge in [-0.05, 0) is 12.8 Å². The Labute approximate surface area is 253 Å². The molecule has 0 radical (unpaired) electrons. The lowest BCUT2D eigenvalue weighted by molar-refractivity contribution is -0.141. The molecule has 0 aromatic rings. The second-order valence-electron chi connectivity index (χ2n) is 9.01. The van der Waals surface area contributed by atoms with E-state index < -0.39 is 91.0 Å². The molecule has 4 atom stereocenters. The Morgan fingerprint density at radius 1 is 0.884 bits per heavy atom. The third kappa shape index (κ3) is 15.5. The molecule has 0 spiro atoms. The van der Waals surface area contributed by atoms with Gasteiger partial charge in [0.25, 0.3) is 0 Å². The van der Waals surface area contributed by atoms with E-state index >= 15 is 0 Å². The Hall–Kier alpha value is -4.27. The molecule has 1 aliphatic heterocycles. The zero-order valence-corrected chi connectivity index (χ0v) is 24.8. The summed E-state index contributed by atoms with van der Waals surface area (Å²) >= 11 is 0. The van der Waals surface area contributed by atoms with Gasteiger partial charge in [0.2, 0.25) is 41.4 Å². The fourth-order valence-electron chi connectivity index (χ4n) is 3.36. The fraction of sp³-hybridized carbons (Fsp3) is 0.591. The number of rotatable bonds is 8. The summed E-state index contributed by atoms with van der Waals surface area (Å²) in [6, 6.07) is -5.22. The molecule has 240 valence electrons. The van der Waals surface area contributed by atoms with Crippen molar-refractivity contribution in [3.8, 4) is 0 Å². The summed E-state index contributed by atoms with van der Waals surface area (Å²) in [5, 5.41) is 23.2. The van der Waals surface area contributed by atoms with Gasteiger partial charge in [-0.3, -0.25) is 43.3 Å². The lowest BCUT2D eigenvalue weighted by Crippen LogP contribution is -2.56. The summed E-state index contributed by atoms with van der Waals surface area (Å²) in [6.45, 7) is 0.0395. The smallest absolute Gasteiger partial charge is 0.305 e. The van der Waals surface area contributed by atoms with Crippen molar-refractivity contribution in [2.45, 2.75) is 50.4 Å². The van der Waals surface area contributed by atoms with Gasteiger partial charge in [-0.15, -0.1) is 0 Å². The number of primary amides is 1. The van der Waals surface area contributed by atoms with Crippen LogP contribution in [0.4, 0.5) is 0 Å². The summed E-state index contributed by atoms with van der Waals surface area (Å²) in [5.41, 5.74) is 15.9. The number of aliphatic imine (C=N–C) groups is 1.